The SMILES string of the molecule is CC(C)(C)OC(=O)[C@](C)(O)CN[C@@H]1CC[C@H]2CN(Cc3ccccc3)C[C@@H]21. The van der Waals surface area contributed by atoms with E-state index in [1.165, 1.54) is 18.9 Å². The normalized spacial score (nSPS) is 28.0. The maximum Gasteiger partial charge on any atom is 0.339 e. The molecule has 2 N–H and O–H groups in total. The monoisotopic (exact) mass is 374 g/mol. The van der Waals surface area contributed by atoms with Gasteiger partial charge in [-0.1, -0.05) is 30.3 Å². The fourth-order valence-electron chi connectivity index (χ4n) is 4.37. The Balaban J connectivity index is 1.51. The number of esters is 1. The van der Waals surface area contributed by atoms with Gasteiger partial charge < -0.3 is 15.2 Å². The lowest BCUT2D eigenvalue weighted by Crippen LogP contribution is -2.51. The largest absolute Gasteiger partial charge is 0.458 e. The number of nitrogens with zero attached hydrogens (tertiary/aromatic N) is 1. The molecule has 150 valence electrons. The number of carbonyl (C=O) groups is 1. The van der Waals surface area contributed by atoms with Gasteiger partial charge in [-0.05, 0) is 57.9 Å². The van der Waals surface area contributed by atoms with Crippen molar-refractivity contribution in [2.24, 2.45) is 11.8 Å². The second-order valence-corrected chi connectivity index (χ2v) is 9.44. The molecule has 27 heavy (non-hydrogen) atoms. The van der Waals surface area contributed by atoms with Crippen molar-refractivity contribution >= 4 is 5.97 Å². The summed E-state index contributed by atoms with van der Waals surface area (Å²) in [5, 5.41) is 14.0. The van der Waals surface area contributed by atoms with Crippen LogP contribution >= 0.6 is 0 Å². The standard InChI is InChI=1S/C22H34N2O3/c1-21(2,3)27-20(25)22(4,26)15-23-19-11-10-17-13-24(14-18(17)19)12-16-8-6-5-7-9-16/h5-9,17-19,23,26H,10-15H2,1-4H3/t17-,18-,19+,22+/m0/s1. The first kappa shape index (κ1) is 20.3. The van der Waals surface area contributed by atoms with Gasteiger partial charge in [0.15, 0.2) is 5.60 Å². The van der Waals surface area contributed by atoms with Crippen LogP contribution in [0.25, 0.3) is 0 Å². The van der Waals surface area contributed by atoms with Gasteiger partial charge in [0.1, 0.15) is 5.60 Å². The highest BCUT2D eigenvalue weighted by atomic mass is 16.6. The summed E-state index contributed by atoms with van der Waals surface area (Å²) in [4.78, 5) is 14.8. The molecular weight excluding hydrogens is 340 g/mol. The first-order valence-corrected chi connectivity index (χ1v) is 10.1. The molecule has 0 aromatic heterocycles. The molecule has 1 heterocycles. The van der Waals surface area contributed by atoms with Crippen LogP contribution in [0, 0.1) is 11.8 Å². The van der Waals surface area contributed by atoms with Crippen LogP contribution in [0.5, 0.6) is 0 Å². The smallest absolute Gasteiger partial charge is 0.339 e. The van der Waals surface area contributed by atoms with Crippen LogP contribution < -0.4 is 5.32 Å². The number of aliphatic hydroxyl groups is 1. The zero-order valence-electron chi connectivity index (χ0n) is 17.1. The van der Waals surface area contributed by atoms with E-state index in [2.05, 4.69) is 40.5 Å². The van der Waals surface area contributed by atoms with Gasteiger partial charge in [-0.25, -0.2) is 4.79 Å². The van der Waals surface area contributed by atoms with Gasteiger partial charge in [0.05, 0.1) is 0 Å². The molecule has 2 fully saturated rings. The second kappa shape index (κ2) is 7.90. The quantitative estimate of drug-likeness (QED) is 0.750. The Kier molecular flexibility index (Phi) is 5.94. The summed E-state index contributed by atoms with van der Waals surface area (Å²) in [6, 6.07) is 11.0. The first-order chi connectivity index (χ1) is 12.6. The van der Waals surface area contributed by atoms with E-state index >= 15 is 0 Å². The van der Waals surface area contributed by atoms with E-state index in [-0.39, 0.29) is 6.54 Å². The molecule has 0 spiro atoms. The Labute approximate surface area is 163 Å². The van der Waals surface area contributed by atoms with Gasteiger partial charge in [0.2, 0.25) is 0 Å². The van der Waals surface area contributed by atoms with Crippen LogP contribution in [0.2, 0.25) is 0 Å². The third kappa shape index (κ3) is 5.31. The Bertz CT molecular complexity index is 639. The minimum Gasteiger partial charge on any atom is -0.458 e. The van der Waals surface area contributed by atoms with E-state index in [1.807, 2.05) is 20.8 Å². The molecule has 1 aliphatic heterocycles. The Hall–Kier alpha value is -1.43. The van der Waals surface area contributed by atoms with Crippen molar-refractivity contribution in [1.29, 1.82) is 0 Å². The molecule has 1 aromatic carbocycles. The molecule has 1 saturated carbocycles. The summed E-state index contributed by atoms with van der Waals surface area (Å²) in [6.45, 7) is 10.4. The van der Waals surface area contributed by atoms with Gasteiger partial charge in [0, 0.05) is 32.2 Å². The van der Waals surface area contributed by atoms with Gasteiger partial charge in [-0.15, -0.1) is 0 Å². The van der Waals surface area contributed by atoms with Crippen molar-refractivity contribution in [3.63, 3.8) is 0 Å². The molecule has 0 bridgehead atoms. The van der Waals surface area contributed by atoms with Crippen molar-refractivity contribution in [2.75, 3.05) is 19.6 Å². The molecule has 3 rings (SSSR count). The highest BCUT2D eigenvalue weighted by molar-refractivity contribution is 5.79. The maximum absolute atomic E-state index is 12.2. The van der Waals surface area contributed by atoms with Gasteiger partial charge in [0.25, 0.3) is 0 Å². The van der Waals surface area contributed by atoms with Gasteiger partial charge in [-0.2, -0.15) is 0 Å². The molecule has 1 aliphatic carbocycles. The van der Waals surface area contributed by atoms with Gasteiger partial charge >= 0.3 is 5.97 Å². The van der Waals surface area contributed by atoms with Crippen LogP contribution in [0.1, 0.15) is 46.1 Å². The van der Waals surface area contributed by atoms with Gasteiger partial charge in [-0.3, -0.25) is 4.90 Å². The van der Waals surface area contributed by atoms with Crippen molar-refractivity contribution < 1.29 is 14.6 Å². The summed E-state index contributed by atoms with van der Waals surface area (Å²) in [7, 11) is 0. The number of benzene rings is 1. The van der Waals surface area contributed by atoms with Crippen LogP contribution in [-0.2, 0) is 16.1 Å². The summed E-state index contributed by atoms with van der Waals surface area (Å²) < 4.78 is 5.35. The average molecular weight is 375 g/mol. The minimum absolute atomic E-state index is 0.231. The predicted molar refractivity (Wildman–Crippen MR) is 106 cm³/mol. The Morgan fingerprint density at radius 3 is 2.56 bits per heavy atom. The highest BCUT2D eigenvalue weighted by Gasteiger charge is 2.43. The van der Waals surface area contributed by atoms with Crippen molar-refractivity contribution in [1.82, 2.24) is 10.2 Å². The fraction of sp³-hybridized carbons (Fsp3) is 0.682. The summed E-state index contributed by atoms with van der Waals surface area (Å²) in [5.74, 6) is 0.731. The van der Waals surface area contributed by atoms with E-state index in [0.717, 1.165) is 26.1 Å². The number of nitrogens with one attached hydrogen (secondary N) is 1. The number of rotatable bonds is 6. The molecular formula is C22H34N2O3. The van der Waals surface area contributed by atoms with Crippen LogP contribution in [0.15, 0.2) is 30.3 Å². The second-order valence-electron chi connectivity index (χ2n) is 9.44. The number of ether oxygens (including phenoxy) is 1. The molecule has 5 heteroatoms. The zero-order chi connectivity index (χ0) is 19.7. The zero-order valence-corrected chi connectivity index (χ0v) is 17.1. The maximum atomic E-state index is 12.2. The Morgan fingerprint density at radius 1 is 1.19 bits per heavy atom. The van der Waals surface area contributed by atoms with Crippen LogP contribution in [-0.4, -0.2) is 52.9 Å². The molecule has 5 nitrogen and oxygen atoms in total. The topological polar surface area (TPSA) is 61.8 Å². The van der Waals surface area contributed by atoms with Crippen molar-refractivity contribution in [3.05, 3.63) is 35.9 Å². The Morgan fingerprint density at radius 2 is 1.89 bits per heavy atom. The molecule has 1 aromatic rings. The van der Waals surface area contributed by atoms with Crippen LogP contribution in [0.3, 0.4) is 0 Å². The molecule has 0 unspecified atom stereocenters. The summed E-state index contributed by atoms with van der Waals surface area (Å²) in [5.41, 5.74) is -0.744. The summed E-state index contributed by atoms with van der Waals surface area (Å²) >= 11 is 0. The van der Waals surface area contributed by atoms with Crippen molar-refractivity contribution in [3.8, 4) is 0 Å². The average Bonchev–Trinajstić information content (AvgIpc) is 3.12. The molecule has 4 atom stereocenters. The van der Waals surface area contributed by atoms with Crippen molar-refractivity contribution in [2.45, 2.75) is 64.3 Å². The molecule has 2 aliphatic rings. The molecule has 0 amide bonds. The lowest BCUT2D eigenvalue weighted by molar-refractivity contribution is -0.175. The van der Waals surface area contributed by atoms with E-state index in [9.17, 15) is 9.90 Å². The van der Waals surface area contributed by atoms with E-state index in [1.54, 1.807) is 0 Å². The number of hydrogen-bond donors (Lipinski definition) is 2. The number of fused-ring (bicyclic) bond motifs is 1. The minimum atomic E-state index is -1.51. The lowest BCUT2D eigenvalue weighted by atomic mass is 9.97. The number of hydrogen-bond acceptors (Lipinski definition) is 5. The molecule has 0 radical (unpaired) electrons. The number of carbonyl (C=O) groups excluding carboxylic acids is 1. The third-order valence-electron chi connectivity index (χ3n) is 5.73. The third-order valence-corrected chi connectivity index (χ3v) is 5.73. The van der Waals surface area contributed by atoms with E-state index < -0.39 is 17.2 Å². The lowest BCUT2D eigenvalue weighted by Gasteiger charge is -2.30. The van der Waals surface area contributed by atoms with E-state index in [4.69, 9.17) is 4.74 Å². The predicted octanol–water partition coefficient (Wildman–Crippen LogP) is 2.58. The number of likely N-dealkylation sites (tertiary alicyclic amines) is 1. The fourth-order valence-corrected chi connectivity index (χ4v) is 4.37. The summed E-state index contributed by atoms with van der Waals surface area (Å²) in [6.07, 6.45) is 2.32. The molecule has 1 saturated heterocycles. The van der Waals surface area contributed by atoms with E-state index in [0.29, 0.717) is 17.9 Å². The first-order valence-electron chi connectivity index (χ1n) is 10.1. The van der Waals surface area contributed by atoms with Crippen LogP contribution in [0.4, 0.5) is 0 Å². The highest BCUT2D eigenvalue weighted by Crippen LogP contribution is 2.38.